The summed E-state index contributed by atoms with van der Waals surface area (Å²) in [6, 6.07) is 6.84. The van der Waals surface area contributed by atoms with Gasteiger partial charge >= 0.3 is 0 Å². The third-order valence-electron chi connectivity index (χ3n) is 3.40. The monoisotopic (exact) mass is 279 g/mol. The molecule has 0 aliphatic rings. The van der Waals surface area contributed by atoms with Crippen LogP contribution in [0, 0.1) is 13.8 Å². The van der Waals surface area contributed by atoms with E-state index in [0.717, 1.165) is 13.0 Å². The summed E-state index contributed by atoms with van der Waals surface area (Å²) in [5.41, 5.74) is 3.94. The van der Waals surface area contributed by atoms with Crippen molar-refractivity contribution in [1.82, 2.24) is 5.32 Å². The van der Waals surface area contributed by atoms with Crippen molar-refractivity contribution < 1.29 is 9.47 Å². The van der Waals surface area contributed by atoms with Gasteiger partial charge in [-0.05, 0) is 44.9 Å². The summed E-state index contributed by atoms with van der Waals surface area (Å²) in [6.45, 7) is 10.8. The molecule has 3 nitrogen and oxygen atoms in total. The summed E-state index contributed by atoms with van der Waals surface area (Å²) in [5, 5.41) is 3.59. The fourth-order valence-corrected chi connectivity index (χ4v) is 2.26. The molecule has 2 unspecified atom stereocenters. The van der Waals surface area contributed by atoms with E-state index in [1.165, 1.54) is 16.7 Å². The molecule has 0 aliphatic heterocycles. The Bertz CT molecular complexity index is 393. The van der Waals surface area contributed by atoms with Crippen molar-refractivity contribution in [2.24, 2.45) is 0 Å². The first-order valence-corrected chi connectivity index (χ1v) is 7.49. The van der Waals surface area contributed by atoms with Gasteiger partial charge < -0.3 is 14.8 Å². The maximum Gasteiger partial charge on any atom is 0.0781 e. The molecule has 20 heavy (non-hydrogen) atoms. The molecule has 0 fully saturated rings. The van der Waals surface area contributed by atoms with E-state index in [0.29, 0.717) is 13.2 Å². The Morgan fingerprint density at radius 3 is 2.60 bits per heavy atom. The molecule has 0 heterocycles. The minimum atomic E-state index is 0.121. The molecule has 0 saturated carbocycles. The fraction of sp³-hybridized carbons (Fsp3) is 0.647. The number of hydrogen-bond acceptors (Lipinski definition) is 3. The first-order chi connectivity index (χ1) is 9.58. The topological polar surface area (TPSA) is 30.5 Å². The Hall–Kier alpha value is -0.900. The molecule has 0 aromatic heterocycles. The molecular formula is C17H29NO2. The van der Waals surface area contributed by atoms with Gasteiger partial charge in [0.25, 0.3) is 0 Å². The zero-order chi connectivity index (χ0) is 15.0. The van der Waals surface area contributed by atoms with Crippen molar-refractivity contribution >= 4 is 0 Å². The molecule has 0 saturated heterocycles. The van der Waals surface area contributed by atoms with Gasteiger partial charge in [-0.15, -0.1) is 0 Å². The predicted octanol–water partition coefficient (Wildman–Crippen LogP) is 3.40. The van der Waals surface area contributed by atoms with Crippen LogP contribution in [0.1, 0.15) is 43.0 Å². The van der Waals surface area contributed by atoms with E-state index in [-0.39, 0.29) is 12.1 Å². The molecule has 1 aromatic rings. The Kier molecular flexibility index (Phi) is 7.82. The summed E-state index contributed by atoms with van der Waals surface area (Å²) in [6.07, 6.45) is 1.24. The van der Waals surface area contributed by atoms with Crippen LogP contribution >= 0.6 is 0 Å². The highest BCUT2D eigenvalue weighted by Crippen LogP contribution is 2.20. The van der Waals surface area contributed by atoms with Crippen molar-refractivity contribution in [3.63, 3.8) is 0 Å². The van der Waals surface area contributed by atoms with Crippen LogP contribution in [0.15, 0.2) is 18.2 Å². The lowest BCUT2D eigenvalue weighted by Gasteiger charge is -2.23. The second-order valence-electron chi connectivity index (χ2n) is 5.47. The highest BCUT2D eigenvalue weighted by molar-refractivity contribution is 5.33. The molecule has 0 bridgehead atoms. The molecule has 1 N–H and O–H groups in total. The number of benzene rings is 1. The van der Waals surface area contributed by atoms with Crippen molar-refractivity contribution in [2.45, 2.75) is 46.3 Å². The molecule has 114 valence electrons. The van der Waals surface area contributed by atoms with Gasteiger partial charge in [0.05, 0.1) is 25.4 Å². The van der Waals surface area contributed by atoms with E-state index < -0.39 is 0 Å². The highest BCUT2D eigenvalue weighted by atomic mass is 16.5. The molecular weight excluding hydrogens is 250 g/mol. The van der Waals surface area contributed by atoms with Crippen molar-refractivity contribution in [3.8, 4) is 0 Å². The number of rotatable bonds is 9. The lowest BCUT2D eigenvalue weighted by molar-refractivity contribution is -0.000591. The van der Waals surface area contributed by atoms with Gasteiger partial charge in [0.1, 0.15) is 0 Å². The molecule has 1 aromatic carbocycles. The zero-order valence-corrected chi connectivity index (χ0v) is 13.5. The Labute approximate surface area is 123 Å². The molecule has 2 atom stereocenters. The quantitative estimate of drug-likeness (QED) is 0.751. The Balaban J connectivity index is 2.74. The first-order valence-electron chi connectivity index (χ1n) is 7.49. The van der Waals surface area contributed by atoms with Crippen LogP contribution < -0.4 is 5.32 Å². The van der Waals surface area contributed by atoms with E-state index in [9.17, 15) is 0 Å². The van der Waals surface area contributed by atoms with Crippen molar-refractivity contribution in [1.29, 1.82) is 0 Å². The molecule has 0 radical (unpaired) electrons. The van der Waals surface area contributed by atoms with Gasteiger partial charge in [0, 0.05) is 7.11 Å². The third-order valence-corrected chi connectivity index (χ3v) is 3.40. The Morgan fingerprint density at radius 2 is 1.95 bits per heavy atom. The largest absolute Gasteiger partial charge is 0.382 e. The summed E-state index contributed by atoms with van der Waals surface area (Å²) in [7, 11) is 1.71. The standard InChI is InChI=1S/C17H29NO2/c1-6-9-18-17(12-20-15(4)11-19-5)16-10-13(2)7-8-14(16)3/h7-8,10,15,17-18H,6,9,11-12H2,1-5H3. The Morgan fingerprint density at radius 1 is 1.20 bits per heavy atom. The smallest absolute Gasteiger partial charge is 0.0781 e. The van der Waals surface area contributed by atoms with E-state index in [1.54, 1.807) is 7.11 Å². The lowest BCUT2D eigenvalue weighted by Crippen LogP contribution is -2.29. The zero-order valence-electron chi connectivity index (χ0n) is 13.5. The number of hydrogen-bond donors (Lipinski definition) is 1. The number of nitrogens with one attached hydrogen (secondary N) is 1. The third kappa shape index (κ3) is 5.61. The summed E-state index contributed by atoms with van der Waals surface area (Å²) in [5.74, 6) is 0. The molecule has 3 heteroatoms. The van der Waals surface area contributed by atoms with Gasteiger partial charge in [-0.1, -0.05) is 30.7 Å². The van der Waals surface area contributed by atoms with Crippen LogP contribution in [0.4, 0.5) is 0 Å². The van der Waals surface area contributed by atoms with Gasteiger partial charge in [-0.2, -0.15) is 0 Å². The number of aryl methyl sites for hydroxylation is 2. The van der Waals surface area contributed by atoms with Crippen LogP contribution in [-0.2, 0) is 9.47 Å². The van der Waals surface area contributed by atoms with E-state index >= 15 is 0 Å². The van der Waals surface area contributed by atoms with Gasteiger partial charge in [-0.25, -0.2) is 0 Å². The average Bonchev–Trinajstić information content (AvgIpc) is 2.42. The molecule has 0 amide bonds. The first kappa shape index (κ1) is 17.2. The molecule has 0 spiro atoms. The second-order valence-corrected chi connectivity index (χ2v) is 5.47. The maximum atomic E-state index is 5.90. The van der Waals surface area contributed by atoms with Crippen molar-refractivity contribution in [2.75, 3.05) is 26.9 Å². The van der Waals surface area contributed by atoms with Gasteiger partial charge in [-0.3, -0.25) is 0 Å². The van der Waals surface area contributed by atoms with Crippen LogP contribution in [0.3, 0.4) is 0 Å². The van der Waals surface area contributed by atoms with Crippen molar-refractivity contribution in [3.05, 3.63) is 34.9 Å². The molecule has 0 aliphatic carbocycles. The maximum absolute atomic E-state index is 5.90. The second kappa shape index (κ2) is 9.11. The fourth-order valence-electron chi connectivity index (χ4n) is 2.26. The van der Waals surface area contributed by atoms with Gasteiger partial charge in [0.2, 0.25) is 0 Å². The van der Waals surface area contributed by atoms with E-state index in [1.807, 2.05) is 6.92 Å². The number of ether oxygens (including phenoxy) is 2. The minimum Gasteiger partial charge on any atom is -0.382 e. The van der Waals surface area contributed by atoms with Crippen LogP contribution in [0.2, 0.25) is 0 Å². The summed E-state index contributed by atoms with van der Waals surface area (Å²) >= 11 is 0. The normalized spacial score (nSPS) is 14.2. The summed E-state index contributed by atoms with van der Waals surface area (Å²) < 4.78 is 11.0. The predicted molar refractivity (Wildman–Crippen MR) is 84.2 cm³/mol. The van der Waals surface area contributed by atoms with E-state index in [4.69, 9.17) is 9.47 Å². The SMILES string of the molecule is CCCNC(COC(C)COC)c1cc(C)ccc1C. The average molecular weight is 279 g/mol. The van der Waals surface area contributed by atoms with Crippen LogP contribution in [0.25, 0.3) is 0 Å². The van der Waals surface area contributed by atoms with Crippen LogP contribution in [-0.4, -0.2) is 33.0 Å². The lowest BCUT2D eigenvalue weighted by atomic mass is 9.99. The summed E-state index contributed by atoms with van der Waals surface area (Å²) in [4.78, 5) is 0. The van der Waals surface area contributed by atoms with Gasteiger partial charge in [0.15, 0.2) is 0 Å². The minimum absolute atomic E-state index is 0.121. The van der Waals surface area contributed by atoms with E-state index in [2.05, 4.69) is 44.3 Å². The van der Waals surface area contributed by atoms with Crippen LogP contribution in [0.5, 0.6) is 0 Å². The molecule has 1 rings (SSSR count). The number of methoxy groups -OCH3 is 1. The highest BCUT2D eigenvalue weighted by Gasteiger charge is 2.15.